The number of nitrogens with zero attached hydrogens (tertiary/aromatic N) is 6. The first kappa shape index (κ1) is 23.4. The van der Waals surface area contributed by atoms with Crippen LogP contribution in [0.2, 0.25) is 0 Å². The zero-order valence-corrected chi connectivity index (χ0v) is 19.2. The van der Waals surface area contributed by atoms with Crippen LogP contribution in [0.5, 0.6) is 0 Å². The number of aromatic nitrogens is 4. The van der Waals surface area contributed by atoms with Crippen LogP contribution >= 0.6 is 0 Å². The van der Waals surface area contributed by atoms with Crippen LogP contribution in [0, 0.1) is 0 Å². The van der Waals surface area contributed by atoms with Gasteiger partial charge >= 0.3 is 0 Å². The van der Waals surface area contributed by atoms with Gasteiger partial charge in [0.15, 0.2) is 24.1 Å². The summed E-state index contributed by atoms with van der Waals surface area (Å²) in [6.07, 6.45) is 7.51. The second-order valence-corrected chi connectivity index (χ2v) is 7.61. The van der Waals surface area contributed by atoms with Gasteiger partial charge in [0.1, 0.15) is 5.69 Å². The minimum Gasteiger partial charge on any atom is -0.340 e. The third-order valence-corrected chi connectivity index (χ3v) is 4.90. The Hall–Kier alpha value is -4.78. The molecule has 0 aromatic heterocycles. The SMILES string of the molecule is C(=NC(N=Cc1ccccc1)c1ccccc1)c1ccccc1.Cn1cnc2nc(C=O)nc-2c1. The summed E-state index contributed by atoms with van der Waals surface area (Å²) >= 11 is 0. The first-order valence-electron chi connectivity index (χ1n) is 11.0. The molecule has 0 fully saturated rings. The molecule has 2 aliphatic rings. The molecule has 7 nitrogen and oxygen atoms in total. The highest BCUT2D eigenvalue weighted by Crippen LogP contribution is 2.19. The second-order valence-electron chi connectivity index (χ2n) is 7.61. The Morgan fingerprint density at radius 3 is 1.86 bits per heavy atom. The van der Waals surface area contributed by atoms with E-state index in [1.807, 2.05) is 98.3 Å². The summed E-state index contributed by atoms with van der Waals surface area (Å²) in [5, 5.41) is 0. The van der Waals surface area contributed by atoms with Gasteiger partial charge in [-0.3, -0.25) is 14.8 Å². The van der Waals surface area contributed by atoms with Crippen molar-refractivity contribution in [3.8, 4) is 11.5 Å². The molecule has 3 aromatic carbocycles. The highest BCUT2D eigenvalue weighted by Gasteiger charge is 2.10. The largest absolute Gasteiger partial charge is 0.340 e. The van der Waals surface area contributed by atoms with Crippen LogP contribution in [0.1, 0.15) is 33.5 Å². The van der Waals surface area contributed by atoms with Gasteiger partial charge in [0.05, 0.1) is 6.33 Å². The smallest absolute Gasteiger partial charge is 0.195 e. The molecule has 0 atom stereocenters. The van der Waals surface area contributed by atoms with E-state index in [4.69, 9.17) is 0 Å². The van der Waals surface area contributed by atoms with Crippen LogP contribution in [-0.4, -0.2) is 38.2 Å². The summed E-state index contributed by atoms with van der Waals surface area (Å²) in [6, 6.07) is 30.3. The van der Waals surface area contributed by atoms with Gasteiger partial charge in [-0.25, -0.2) is 15.0 Å². The van der Waals surface area contributed by atoms with Crippen LogP contribution in [-0.2, 0) is 7.05 Å². The van der Waals surface area contributed by atoms with Crippen molar-refractivity contribution in [3.63, 3.8) is 0 Å². The average Bonchev–Trinajstić information content (AvgIpc) is 3.33. The average molecular weight is 461 g/mol. The van der Waals surface area contributed by atoms with E-state index in [-0.39, 0.29) is 12.0 Å². The molecular formula is C28H24N6O. The quantitative estimate of drug-likeness (QED) is 0.262. The number of benzene rings is 3. The van der Waals surface area contributed by atoms with Gasteiger partial charge in [0.25, 0.3) is 0 Å². The van der Waals surface area contributed by atoms with Gasteiger partial charge < -0.3 is 4.57 Å². The van der Waals surface area contributed by atoms with Crippen molar-refractivity contribution in [2.75, 3.05) is 0 Å². The van der Waals surface area contributed by atoms with E-state index >= 15 is 0 Å². The topological polar surface area (TPSA) is 85.4 Å². The number of hydrogen-bond acceptors (Lipinski definition) is 6. The molecule has 0 saturated carbocycles. The van der Waals surface area contributed by atoms with Crippen molar-refractivity contribution in [2.24, 2.45) is 17.0 Å². The number of aryl methyl sites for hydroxylation is 1. The van der Waals surface area contributed by atoms with Gasteiger partial charge in [-0.05, 0) is 16.7 Å². The standard InChI is InChI=1S/C21H18N2.C7H6N4O/c1-4-10-18(11-5-1)16-22-21(20-14-8-3-9-15-20)23-17-19-12-6-2-7-13-19;1-11-2-5-7(8-4-11)10-6(3-12)9-5/h1-17,21H;2-4H,1H3. The Labute approximate surface area is 203 Å². The monoisotopic (exact) mass is 460 g/mol. The van der Waals surface area contributed by atoms with E-state index in [0.29, 0.717) is 17.8 Å². The minimum atomic E-state index is -0.239. The summed E-state index contributed by atoms with van der Waals surface area (Å²) in [4.78, 5) is 31.4. The number of hydrogen-bond donors (Lipinski definition) is 0. The number of imidazole rings is 1. The molecule has 0 unspecified atom stereocenters. The van der Waals surface area contributed by atoms with Crippen molar-refractivity contribution in [1.82, 2.24) is 19.5 Å². The summed E-state index contributed by atoms with van der Waals surface area (Å²) in [5.41, 5.74) is 3.86. The third-order valence-electron chi connectivity index (χ3n) is 4.90. The molecule has 5 rings (SSSR count). The predicted octanol–water partition coefficient (Wildman–Crippen LogP) is 5.05. The Morgan fingerprint density at radius 2 is 1.31 bits per heavy atom. The molecule has 0 N–H and O–H groups in total. The number of rotatable bonds is 6. The first-order valence-corrected chi connectivity index (χ1v) is 11.0. The van der Waals surface area contributed by atoms with Crippen LogP contribution in [0.25, 0.3) is 11.5 Å². The summed E-state index contributed by atoms with van der Waals surface area (Å²) in [7, 11) is 1.84. The Bertz CT molecular complexity index is 1320. The number of carbonyl (C=O) groups excluding carboxylic acids is 1. The Balaban J connectivity index is 0.000000201. The van der Waals surface area contributed by atoms with Crippen molar-refractivity contribution < 1.29 is 4.79 Å². The van der Waals surface area contributed by atoms with Crippen molar-refractivity contribution in [2.45, 2.75) is 6.17 Å². The molecule has 0 radical (unpaired) electrons. The molecule has 35 heavy (non-hydrogen) atoms. The van der Waals surface area contributed by atoms with Gasteiger partial charge in [-0.15, -0.1) is 0 Å². The summed E-state index contributed by atoms with van der Waals surface area (Å²) < 4.78 is 1.76. The molecule has 2 heterocycles. The van der Waals surface area contributed by atoms with Gasteiger partial charge in [0.2, 0.25) is 0 Å². The lowest BCUT2D eigenvalue weighted by atomic mass is 10.1. The molecule has 172 valence electrons. The van der Waals surface area contributed by atoms with Crippen LogP contribution < -0.4 is 0 Å². The van der Waals surface area contributed by atoms with E-state index < -0.39 is 0 Å². The van der Waals surface area contributed by atoms with E-state index in [9.17, 15) is 4.79 Å². The Kier molecular flexibility index (Phi) is 7.95. The molecule has 0 bridgehead atoms. The highest BCUT2D eigenvalue weighted by molar-refractivity contribution is 5.81. The zero-order valence-electron chi connectivity index (χ0n) is 19.2. The van der Waals surface area contributed by atoms with Crippen molar-refractivity contribution in [1.29, 1.82) is 0 Å². The number of aldehydes is 1. The van der Waals surface area contributed by atoms with Crippen LogP contribution in [0.4, 0.5) is 0 Å². The van der Waals surface area contributed by atoms with E-state index in [1.54, 1.807) is 17.1 Å². The maximum Gasteiger partial charge on any atom is 0.195 e. The van der Waals surface area contributed by atoms with Gasteiger partial charge in [-0.1, -0.05) is 91.0 Å². The summed E-state index contributed by atoms with van der Waals surface area (Å²) in [5.74, 6) is 0.693. The van der Waals surface area contributed by atoms with E-state index in [0.717, 1.165) is 16.7 Å². The van der Waals surface area contributed by atoms with E-state index in [2.05, 4.69) is 37.1 Å². The van der Waals surface area contributed by atoms with Crippen molar-refractivity contribution in [3.05, 3.63) is 126 Å². The van der Waals surface area contributed by atoms with Crippen molar-refractivity contribution >= 4 is 18.7 Å². The molecule has 0 amide bonds. The highest BCUT2D eigenvalue weighted by atomic mass is 16.1. The fourth-order valence-corrected chi connectivity index (χ4v) is 3.20. The lowest BCUT2D eigenvalue weighted by Crippen LogP contribution is -1.94. The normalized spacial score (nSPS) is 11.9. The number of aliphatic imine (C=N–C) groups is 2. The molecular weight excluding hydrogens is 436 g/mol. The maximum absolute atomic E-state index is 10.3. The van der Waals surface area contributed by atoms with Gasteiger partial charge in [-0.2, -0.15) is 0 Å². The first-order chi connectivity index (χ1) is 17.2. The van der Waals surface area contributed by atoms with Crippen LogP contribution in [0.3, 0.4) is 0 Å². The van der Waals surface area contributed by atoms with E-state index in [1.165, 1.54) is 0 Å². The molecule has 7 heteroatoms. The molecule has 0 saturated heterocycles. The fourth-order valence-electron chi connectivity index (χ4n) is 3.20. The summed E-state index contributed by atoms with van der Waals surface area (Å²) in [6.45, 7) is 0. The fraction of sp³-hybridized carbons (Fsp3) is 0.0714. The zero-order chi connectivity index (χ0) is 24.3. The van der Waals surface area contributed by atoms with Gasteiger partial charge in [0, 0.05) is 25.7 Å². The lowest BCUT2D eigenvalue weighted by Gasteiger charge is -2.07. The number of carbonyl (C=O) groups is 1. The third kappa shape index (κ3) is 6.85. The minimum absolute atomic E-state index is 0.184. The maximum atomic E-state index is 10.3. The molecule has 3 aromatic rings. The van der Waals surface area contributed by atoms with Crippen LogP contribution in [0.15, 0.2) is 114 Å². The molecule has 0 spiro atoms. The molecule has 2 aliphatic heterocycles. The Morgan fingerprint density at radius 1 is 0.771 bits per heavy atom. The molecule has 0 aliphatic carbocycles. The number of fused-ring (bicyclic) bond motifs is 1. The lowest BCUT2D eigenvalue weighted by molar-refractivity contribution is 0.111. The second kappa shape index (κ2) is 11.9. The predicted molar refractivity (Wildman–Crippen MR) is 138 cm³/mol.